The van der Waals surface area contributed by atoms with E-state index >= 15 is 0 Å². The SMILES string of the molecule is OCC1(c2ccc(-c3nc4cc(OC5CO[C@@H]6CCO[C@H]56)[nH]c4cc3Cl)cc2)CC1. The lowest BCUT2D eigenvalue weighted by atomic mass is 9.95. The Hall–Kier alpha value is -2.12. The van der Waals surface area contributed by atoms with Crippen LogP contribution in [0.5, 0.6) is 5.88 Å². The van der Waals surface area contributed by atoms with E-state index < -0.39 is 0 Å². The third-order valence-electron chi connectivity index (χ3n) is 6.66. The highest BCUT2D eigenvalue weighted by molar-refractivity contribution is 6.33. The molecule has 4 heterocycles. The van der Waals surface area contributed by atoms with E-state index in [1.54, 1.807) is 0 Å². The quantitative estimate of drug-likeness (QED) is 0.648. The Morgan fingerprint density at radius 1 is 1.20 bits per heavy atom. The molecule has 3 fully saturated rings. The van der Waals surface area contributed by atoms with Gasteiger partial charge in [0.2, 0.25) is 0 Å². The van der Waals surface area contributed by atoms with Gasteiger partial charge in [0.15, 0.2) is 12.0 Å². The van der Waals surface area contributed by atoms with Gasteiger partial charge in [-0.1, -0.05) is 35.9 Å². The van der Waals surface area contributed by atoms with E-state index in [0.717, 1.165) is 48.2 Å². The number of aliphatic hydroxyl groups is 1. The number of rotatable bonds is 5. The number of aromatic amines is 1. The summed E-state index contributed by atoms with van der Waals surface area (Å²) in [6.45, 7) is 1.45. The summed E-state index contributed by atoms with van der Waals surface area (Å²) in [7, 11) is 0. The molecule has 1 saturated carbocycles. The number of fused-ring (bicyclic) bond motifs is 2. The van der Waals surface area contributed by atoms with Crippen molar-refractivity contribution in [3.8, 4) is 17.1 Å². The maximum atomic E-state index is 9.65. The molecule has 6 rings (SSSR count). The second-order valence-electron chi connectivity index (χ2n) is 8.55. The molecule has 6 nitrogen and oxygen atoms in total. The number of pyridine rings is 1. The zero-order valence-corrected chi connectivity index (χ0v) is 17.2. The lowest BCUT2D eigenvalue weighted by Crippen LogP contribution is -2.32. The largest absolute Gasteiger partial charge is 0.470 e. The standard InChI is InChI=1S/C23H23ClN2O4/c24-15-9-16-17(10-20(25-16)30-19-11-29-18-5-8-28-22(18)19)26-21(15)13-1-3-14(4-2-13)23(12-27)6-7-23/h1-4,9-10,18-19,22,25,27H,5-8,11-12H2/t18-,19?,22+/m1/s1. The number of nitrogens with one attached hydrogen (secondary N) is 1. The van der Waals surface area contributed by atoms with E-state index in [0.29, 0.717) is 17.5 Å². The Morgan fingerprint density at radius 2 is 2.03 bits per heavy atom. The van der Waals surface area contributed by atoms with E-state index in [1.165, 1.54) is 5.56 Å². The zero-order chi connectivity index (χ0) is 20.3. The topological polar surface area (TPSA) is 76.6 Å². The summed E-state index contributed by atoms with van der Waals surface area (Å²) in [5, 5.41) is 10.2. The number of H-pyrrole nitrogens is 1. The average molecular weight is 427 g/mol. The van der Waals surface area contributed by atoms with Crippen molar-refractivity contribution in [2.24, 2.45) is 0 Å². The lowest BCUT2D eigenvalue weighted by molar-refractivity contribution is 0.0292. The van der Waals surface area contributed by atoms with Crippen LogP contribution >= 0.6 is 11.6 Å². The molecule has 0 spiro atoms. The second-order valence-corrected chi connectivity index (χ2v) is 8.96. The van der Waals surface area contributed by atoms with Crippen LogP contribution in [0, 0.1) is 0 Å². The van der Waals surface area contributed by atoms with Crippen LogP contribution in [0.3, 0.4) is 0 Å². The molecule has 2 aromatic heterocycles. The van der Waals surface area contributed by atoms with Crippen molar-refractivity contribution >= 4 is 22.6 Å². The van der Waals surface area contributed by atoms with Crippen LogP contribution in [-0.2, 0) is 14.9 Å². The number of hydrogen-bond donors (Lipinski definition) is 2. The van der Waals surface area contributed by atoms with Crippen LogP contribution in [0.1, 0.15) is 24.8 Å². The summed E-state index contributed by atoms with van der Waals surface area (Å²) in [6.07, 6.45) is 3.03. The molecule has 0 bridgehead atoms. The minimum atomic E-state index is -0.116. The van der Waals surface area contributed by atoms with Crippen molar-refractivity contribution in [1.82, 2.24) is 9.97 Å². The monoisotopic (exact) mass is 426 g/mol. The number of aromatic nitrogens is 2. The van der Waals surface area contributed by atoms with Crippen molar-refractivity contribution in [2.75, 3.05) is 19.8 Å². The first-order valence-electron chi connectivity index (χ1n) is 10.5. The number of benzene rings is 1. The molecule has 7 heteroatoms. The molecular weight excluding hydrogens is 404 g/mol. The third-order valence-corrected chi connectivity index (χ3v) is 6.94. The molecule has 3 aliphatic rings. The maximum absolute atomic E-state index is 9.65. The van der Waals surface area contributed by atoms with Gasteiger partial charge in [-0.2, -0.15) is 0 Å². The Morgan fingerprint density at radius 3 is 2.80 bits per heavy atom. The summed E-state index contributed by atoms with van der Waals surface area (Å²) in [6, 6.07) is 12.0. The van der Waals surface area contributed by atoms with Crippen molar-refractivity contribution in [1.29, 1.82) is 0 Å². The third kappa shape index (κ3) is 3.02. The molecule has 2 N–H and O–H groups in total. The van der Waals surface area contributed by atoms with E-state index in [4.69, 9.17) is 30.8 Å². The fraction of sp³-hybridized carbons (Fsp3) is 0.435. The maximum Gasteiger partial charge on any atom is 0.193 e. The predicted octanol–water partition coefficient (Wildman–Crippen LogP) is 3.84. The molecule has 1 aromatic carbocycles. The van der Waals surface area contributed by atoms with E-state index in [1.807, 2.05) is 24.3 Å². The van der Waals surface area contributed by atoms with Crippen LogP contribution in [0.4, 0.5) is 0 Å². The van der Waals surface area contributed by atoms with Gasteiger partial charge in [0, 0.05) is 23.7 Å². The van der Waals surface area contributed by atoms with Crippen LogP contribution in [0.2, 0.25) is 5.02 Å². The van der Waals surface area contributed by atoms with Gasteiger partial charge in [0.1, 0.15) is 6.10 Å². The van der Waals surface area contributed by atoms with Gasteiger partial charge >= 0.3 is 0 Å². The molecule has 2 saturated heterocycles. The first-order chi connectivity index (χ1) is 14.6. The predicted molar refractivity (Wildman–Crippen MR) is 113 cm³/mol. The van der Waals surface area contributed by atoms with Gasteiger partial charge in [-0.15, -0.1) is 0 Å². The molecule has 3 aromatic rings. The number of halogens is 1. The fourth-order valence-electron chi connectivity index (χ4n) is 4.64. The Bertz CT molecular complexity index is 1090. The van der Waals surface area contributed by atoms with E-state index in [9.17, 15) is 5.11 Å². The Labute approximate surface area is 179 Å². The molecule has 1 aliphatic carbocycles. The molecule has 0 amide bonds. The smallest absolute Gasteiger partial charge is 0.193 e. The van der Waals surface area contributed by atoms with Crippen LogP contribution < -0.4 is 4.74 Å². The van der Waals surface area contributed by atoms with E-state index in [-0.39, 0.29) is 30.3 Å². The number of hydrogen-bond acceptors (Lipinski definition) is 5. The highest BCUT2D eigenvalue weighted by Gasteiger charge is 2.44. The molecule has 156 valence electrons. The van der Waals surface area contributed by atoms with Crippen LogP contribution in [0.15, 0.2) is 36.4 Å². The fourth-order valence-corrected chi connectivity index (χ4v) is 4.90. The minimum absolute atomic E-state index is 0.00397. The van der Waals surface area contributed by atoms with Crippen LogP contribution in [-0.4, -0.2) is 53.2 Å². The Kier molecular flexibility index (Phi) is 4.32. The molecule has 0 radical (unpaired) electrons. The van der Waals surface area contributed by atoms with Gasteiger partial charge in [-0.25, -0.2) is 4.98 Å². The Balaban J connectivity index is 1.27. The summed E-state index contributed by atoms with van der Waals surface area (Å²) in [5.41, 5.74) is 4.45. The highest BCUT2D eigenvalue weighted by atomic mass is 35.5. The van der Waals surface area contributed by atoms with Gasteiger partial charge < -0.3 is 24.3 Å². The van der Waals surface area contributed by atoms with Crippen LogP contribution in [0.25, 0.3) is 22.3 Å². The van der Waals surface area contributed by atoms with Crippen molar-refractivity contribution < 1.29 is 19.3 Å². The first-order valence-corrected chi connectivity index (χ1v) is 10.8. The average Bonchev–Trinajstić information content (AvgIpc) is 3.06. The molecule has 30 heavy (non-hydrogen) atoms. The van der Waals surface area contributed by atoms with Gasteiger partial charge in [-0.3, -0.25) is 0 Å². The second kappa shape index (κ2) is 6.95. The molecule has 3 atom stereocenters. The zero-order valence-electron chi connectivity index (χ0n) is 16.4. The molecular formula is C23H23ClN2O4. The van der Waals surface area contributed by atoms with E-state index in [2.05, 4.69) is 17.1 Å². The summed E-state index contributed by atoms with van der Waals surface area (Å²) < 4.78 is 17.6. The summed E-state index contributed by atoms with van der Waals surface area (Å²) >= 11 is 6.56. The van der Waals surface area contributed by atoms with Gasteiger partial charge in [-0.05, 0) is 30.9 Å². The van der Waals surface area contributed by atoms with Crippen molar-refractivity contribution in [2.45, 2.75) is 43.0 Å². The first kappa shape index (κ1) is 18.6. The highest BCUT2D eigenvalue weighted by Crippen LogP contribution is 2.48. The molecule has 1 unspecified atom stereocenters. The minimum Gasteiger partial charge on any atom is -0.470 e. The normalized spacial score (nSPS) is 26.8. The number of aliphatic hydroxyl groups excluding tert-OH is 1. The number of ether oxygens (including phenoxy) is 3. The summed E-state index contributed by atoms with van der Waals surface area (Å²) in [4.78, 5) is 8.04. The van der Waals surface area contributed by atoms with Crippen molar-refractivity contribution in [3.05, 3.63) is 47.0 Å². The van der Waals surface area contributed by atoms with Gasteiger partial charge in [0.25, 0.3) is 0 Å². The van der Waals surface area contributed by atoms with Crippen molar-refractivity contribution in [3.63, 3.8) is 0 Å². The molecule has 2 aliphatic heterocycles. The summed E-state index contributed by atoms with van der Waals surface area (Å²) in [5.74, 6) is 0.643. The lowest BCUT2D eigenvalue weighted by Gasteiger charge is -2.16. The number of nitrogens with zero attached hydrogens (tertiary/aromatic N) is 1. The van der Waals surface area contributed by atoms with Gasteiger partial charge in [0.05, 0.1) is 41.1 Å².